The normalized spacial score (nSPS) is 22.0. The third-order valence-corrected chi connectivity index (χ3v) is 6.17. The predicted octanol–water partition coefficient (Wildman–Crippen LogP) is 3.42. The van der Waals surface area contributed by atoms with Gasteiger partial charge in [-0.25, -0.2) is 0 Å². The van der Waals surface area contributed by atoms with Crippen LogP contribution in [0.3, 0.4) is 0 Å². The molecule has 0 bridgehead atoms. The van der Waals surface area contributed by atoms with Crippen LogP contribution in [-0.4, -0.2) is 67.6 Å². The quantitative estimate of drug-likeness (QED) is 0.691. The number of carbonyl (C=O) groups is 1. The molecular weight excluding hydrogens is 374 g/mol. The van der Waals surface area contributed by atoms with E-state index in [2.05, 4.69) is 46.3 Å². The summed E-state index contributed by atoms with van der Waals surface area (Å²) < 4.78 is 5.61. The highest BCUT2D eigenvalue weighted by Crippen LogP contribution is 2.37. The molecule has 1 aromatic heterocycles. The van der Waals surface area contributed by atoms with Crippen LogP contribution in [-0.2, 0) is 16.0 Å². The van der Waals surface area contributed by atoms with E-state index in [0.29, 0.717) is 0 Å². The van der Waals surface area contributed by atoms with E-state index in [1.54, 1.807) is 11.1 Å². The number of carbonyl (C=O) groups excluding carboxylic acids is 1. The van der Waals surface area contributed by atoms with Crippen LogP contribution in [0.4, 0.5) is 0 Å². The average molecular weight is 406 g/mol. The summed E-state index contributed by atoms with van der Waals surface area (Å²) in [6.07, 6.45) is 8.61. The zero-order chi connectivity index (χ0) is 21.0. The van der Waals surface area contributed by atoms with Crippen molar-refractivity contribution < 1.29 is 9.53 Å². The van der Waals surface area contributed by atoms with Gasteiger partial charge in [-0.05, 0) is 54.1 Å². The second-order valence-corrected chi connectivity index (χ2v) is 8.76. The van der Waals surface area contributed by atoms with Crippen LogP contribution in [0, 0.1) is 5.41 Å². The molecule has 1 saturated heterocycles. The third-order valence-electron chi connectivity index (χ3n) is 6.17. The van der Waals surface area contributed by atoms with Crippen molar-refractivity contribution in [3.8, 4) is 11.1 Å². The number of hydrogen-bond donors (Lipinski definition) is 0. The van der Waals surface area contributed by atoms with Crippen LogP contribution < -0.4 is 0 Å². The van der Waals surface area contributed by atoms with Gasteiger partial charge in [0.1, 0.15) is 0 Å². The van der Waals surface area contributed by atoms with Gasteiger partial charge in [-0.1, -0.05) is 36.4 Å². The second-order valence-electron chi connectivity index (χ2n) is 8.76. The Morgan fingerprint density at radius 2 is 2.10 bits per heavy atom. The van der Waals surface area contributed by atoms with Crippen molar-refractivity contribution in [2.24, 2.45) is 5.41 Å². The van der Waals surface area contributed by atoms with E-state index in [4.69, 9.17) is 4.74 Å². The van der Waals surface area contributed by atoms with Gasteiger partial charge in [-0.3, -0.25) is 14.7 Å². The summed E-state index contributed by atoms with van der Waals surface area (Å²) in [6, 6.07) is 12.6. The van der Waals surface area contributed by atoms with Gasteiger partial charge in [-0.2, -0.15) is 0 Å². The minimum atomic E-state index is -0.382. The van der Waals surface area contributed by atoms with Crippen molar-refractivity contribution in [1.82, 2.24) is 14.8 Å². The lowest BCUT2D eigenvalue weighted by atomic mass is 9.79. The summed E-state index contributed by atoms with van der Waals surface area (Å²) in [4.78, 5) is 21.7. The standard InChI is InChI=1S/C25H31N3O2/c1-27(2)24(29)25(10-12-28(19-25)17-21-7-5-13-30-18-21)15-20-6-3-8-22(14-20)23-9-4-11-26-16-23/h3-4,6-9,11,14,16H,5,10,12-13,15,17-19H2,1-2H3/t25-/m1/s1. The second kappa shape index (κ2) is 9.11. The first-order valence-electron chi connectivity index (χ1n) is 10.7. The maximum Gasteiger partial charge on any atom is 0.229 e. The van der Waals surface area contributed by atoms with Gasteiger partial charge in [0.25, 0.3) is 0 Å². The van der Waals surface area contributed by atoms with Crippen molar-refractivity contribution in [3.63, 3.8) is 0 Å². The number of rotatable bonds is 6. The summed E-state index contributed by atoms with van der Waals surface area (Å²) in [5.41, 5.74) is 4.41. The molecule has 3 heterocycles. The number of nitrogens with zero attached hydrogens (tertiary/aromatic N) is 3. The molecule has 1 amide bonds. The number of hydrogen-bond acceptors (Lipinski definition) is 4. The Morgan fingerprint density at radius 3 is 2.83 bits per heavy atom. The van der Waals surface area contributed by atoms with Crippen molar-refractivity contribution in [3.05, 3.63) is 66.0 Å². The highest BCUT2D eigenvalue weighted by Gasteiger charge is 2.45. The molecule has 0 unspecified atom stereocenters. The lowest BCUT2D eigenvalue weighted by molar-refractivity contribution is -0.138. The smallest absolute Gasteiger partial charge is 0.229 e. The Kier molecular flexibility index (Phi) is 6.30. The Bertz CT molecular complexity index is 910. The Morgan fingerprint density at radius 1 is 1.23 bits per heavy atom. The SMILES string of the molecule is CN(C)C(=O)[C@@]1(Cc2cccc(-c3cccnc3)c2)CCN(CC2=CCCOC2)C1. The van der Waals surface area contributed by atoms with Gasteiger partial charge in [-0.15, -0.1) is 0 Å². The van der Waals surface area contributed by atoms with E-state index in [1.807, 2.05) is 26.4 Å². The molecule has 1 atom stereocenters. The first-order valence-corrected chi connectivity index (χ1v) is 10.7. The van der Waals surface area contributed by atoms with E-state index in [1.165, 1.54) is 11.1 Å². The molecule has 1 aromatic carbocycles. The molecule has 5 nitrogen and oxygen atoms in total. The van der Waals surface area contributed by atoms with E-state index < -0.39 is 0 Å². The number of likely N-dealkylation sites (tertiary alicyclic amines) is 1. The highest BCUT2D eigenvalue weighted by atomic mass is 16.5. The minimum absolute atomic E-state index is 0.227. The first-order chi connectivity index (χ1) is 14.6. The number of amides is 1. The number of benzene rings is 1. The van der Waals surface area contributed by atoms with Crippen LogP contribution in [0.2, 0.25) is 0 Å². The highest BCUT2D eigenvalue weighted by molar-refractivity contribution is 5.83. The maximum atomic E-state index is 13.3. The Hall–Kier alpha value is -2.50. The van der Waals surface area contributed by atoms with Gasteiger partial charge in [0.05, 0.1) is 18.6 Å². The van der Waals surface area contributed by atoms with E-state index in [0.717, 1.165) is 63.2 Å². The van der Waals surface area contributed by atoms with E-state index >= 15 is 0 Å². The van der Waals surface area contributed by atoms with Crippen LogP contribution >= 0.6 is 0 Å². The lowest BCUT2D eigenvalue weighted by Gasteiger charge is -2.31. The molecule has 0 N–H and O–H groups in total. The van der Waals surface area contributed by atoms with Gasteiger partial charge >= 0.3 is 0 Å². The summed E-state index contributed by atoms with van der Waals surface area (Å²) in [7, 11) is 3.74. The van der Waals surface area contributed by atoms with Gasteiger partial charge in [0.15, 0.2) is 0 Å². The summed E-state index contributed by atoms with van der Waals surface area (Å²) in [6.45, 7) is 4.17. The fraction of sp³-hybridized carbons (Fsp3) is 0.440. The Labute approximate surface area is 179 Å². The molecule has 30 heavy (non-hydrogen) atoms. The molecule has 4 rings (SSSR count). The predicted molar refractivity (Wildman–Crippen MR) is 119 cm³/mol. The molecule has 2 aromatic rings. The van der Waals surface area contributed by atoms with Gasteiger partial charge in [0, 0.05) is 39.6 Å². The van der Waals surface area contributed by atoms with E-state index in [-0.39, 0.29) is 11.3 Å². The molecule has 0 aliphatic carbocycles. The van der Waals surface area contributed by atoms with Crippen LogP contribution in [0.15, 0.2) is 60.4 Å². The summed E-state index contributed by atoms with van der Waals surface area (Å²) >= 11 is 0. The van der Waals surface area contributed by atoms with Crippen molar-refractivity contribution in [1.29, 1.82) is 0 Å². The fourth-order valence-corrected chi connectivity index (χ4v) is 4.75. The average Bonchev–Trinajstić information content (AvgIpc) is 3.18. The first kappa shape index (κ1) is 20.8. The van der Waals surface area contributed by atoms with Crippen molar-refractivity contribution in [2.75, 3.05) is 46.9 Å². The summed E-state index contributed by atoms with van der Waals surface area (Å²) in [5.74, 6) is 0.227. The largest absolute Gasteiger partial charge is 0.377 e. The van der Waals surface area contributed by atoms with Crippen molar-refractivity contribution >= 4 is 5.91 Å². The molecule has 0 radical (unpaired) electrons. The molecule has 2 aliphatic heterocycles. The van der Waals surface area contributed by atoms with Crippen LogP contribution in [0.5, 0.6) is 0 Å². The lowest BCUT2D eigenvalue weighted by Crippen LogP contribution is -2.44. The van der Waals surface area contributed by atoms with Crippen molar-refractivity contribution in [2.45, 2.75) is 19.3 Å². The number of pyridine rings is 1. The molecule has 5 heteroatoms. The number of aromatic nitrogens is 1. The minimum Gasteiger partial charge on any atom is -0.377 e. The van der Waals surface area contributed by atoms with E-state index in [9.17, 15) is 4.79 Å². The molecular formula is C25H31N3O2. The van der Waals surface area contributed by atoms with Gasteiger partial charge in [0.2, 0.25) is 5.91 Å². The molecule has 2 aliphatic rings. The fourth-order valence-electron chi connectivity index (χ4n) is 4.75. The topological polar surface area (TPSA) is 45.7 Å². The zero-order valence-electron chi connectivity index (χ0n) is 18.0. The molecule has 0 spiro atoms. The Balaban J connectivity index is 1.55. The van der Waals surface area contributed by atoms with Crippen LogP contribution in [0.1, 0.15) is 18.4 Å². The number of ether oxygens (including phenoxy) is 1. The molecule has 1 fully saturated rings. The zero-order valence-corrected chi connectivity index (χ0v) is 18.0. The maximum absolute atomic E-state index is 13.3. The third kappa shape index (κ3) is 4.63. The molecule has 158 valence electrons. The van der Waals surface area contributed by atoms with Crippen LogP contribution in [0.25, 0.3) is 11.1 Å². The molecule has 0 saturated carbocycles. The monoisotopic (exact) mass is 405 g/mol. The van der Waals surface area contributed by atoms with Gasteiger partial charge < -0.3 is 9.64 Å². The summed E-state index contributed by atoms with van der Waals surface area (Å²) in [5, 5.41) is 0.